The van der Waals surface area contributed by atoms with E-state index in [2.05, 4.69) is 15.2 Å². The first kappa shape index (κ1) is 16.0. The van der Waals surface area contributed by atoms with Crippen molar-refractivity contribution in [3.8, 4) is 11.5 Å². The first-order valence-corrected chi connectivity index (χ1v) is 8.70. The Morgan fingerprint density at radius 3 is 2.64 bits per heavy atom. The van der Waals surface area contributed by atoms with Gasteiger partial charge in [0.05, 0.1) is 16.3 Å². The number of fused-ring (bicyclic) bond motifs is 1. The van der Waals surface area contributed by atoms with Gasteiger partial charge in [-0.2, -0.15) is 0 Å². The molecule has 6 nitrogen and oxygen atoms in total. The number of hydrogen-bond donors (Lipinski definition) is 1. The summed E-state index contributed by atoms with van der Waals surface area (Å²) in [5.41, 5.74) is 1.03. The minimum absolute atomic E-state index is 0.242. The summed E-state index contributed by atoms with van der Waals surface area (Å²) in [7, 11) is 0. The van der Waals surface area contributed by atoms with Gasteiger partial charge in [0.2, 0.25) is 0 Å². The van der Waals surface area contributed by atoms with Crippen LogP contribution in [0.5, 0.6) is 11.5 Å². The van der Waals surface area contributed by atoms with Gasteiger partial charge >= 0.3 is 0 Å². The summed E-state index contributed by atoms with van der Waals surface area (Å²) >= 11 is 6.28. The fraction of sp³-hybridized carbons (Fsp3) is 0.333. The molecule has 0 bridgehead atoms. The van der Waals surface area contributed by atoms with Crippen LogP contribution >= 0.6 is 11.6 Å². The predicted molar refractivity (Wildman–Crippen MR) is 96.1 cm³/mol. The minimum atomic E-state index is -0.242. The summed E-state index contributed by atoms with van der Waals surface area (Å²) in [6.07, 6.45) is 3.94. The Hall–Kier alpha value is -2.47. The van der Waals surface area contributed by atoms with Crippen molar-refractivity contribution in [2.45, 2.75) is 12.8 Å². The Morgan fingerprint density at radius 1 is 1.16 bits per heavy atom. The van der Waals surface area contributed by atoms with Crippen LogP contribution in [0.2, 0.25) is 5.02 Å². The standard InChI is InChI=1S/C18H18ClN3O3/c19-13-10-15-16(25-9-8-24-15)11-14(13)21-18(23)12-4-3-5-20-17(12)22-6-1-2-7-22/h3-5,10-11H,1-2,6-9H2,(H,21,23). The van der Waals surface area contributed by atoms with Crippen LogP contribution in [0.15, 0.2) is 30.5 Å². The fourth-order valence-electron chi connectivity index (χ4n) is 3.10. The van der Waals surface area contributed by atoms with E-state index in [0.717, 1.165) is 25.9 Å². The van der Waals surface area contributed by atoms with Gasteiger partial charge < -0.3 is 19.7 Å². The lowest BCUT2D eigenvalue weighted by Gasteiger charge is -2.21. The van der Waals surface area contributed by atoms with E-state index in [4.69, 9.17) is 21.1 Å². The van der Waals surface area contributed by atoms with Crippen molar-refractivity contribution < 1.29 is 14.3 Å². The van der Waals surface area contributed by atoms with E-state index in [1.165, 1.54) is 0 Å². The number of halogens is 1. The van der Waals surface area contributed by atoms with Gasteiger partial charge in [0.1, 0.15) is 19.0 Å². The van der Waals surface area contributed by atoms with Gasteiger partial charge in [-0.3, -0.25) is 4.79 Å². The second-order valence-corrected chi connectivity index (χ2v) is 6.41. The Kier molecular flexibility index (Phi) is 4.36. The quantitative estimate of drug-likeness (QED) is 0.910. The van der Waals surface area contributed by atoms with Crippen LogP contribution in [0, 0.1) is 0 Å². The number of anilines is 2. The molecular weight excluding hydrogens is 342 g/mol. The number of pyridine rings is 1. The van der Waals surface area contributed by atoms with Crippen molar-refractivity contribution in [3.63, 3.8) is 0 Å². The van der Waals surface area contributed by atoms with Crippen molar-refractivity contribution >= 4 is 29.0 Å². The van der Waals surface area contributed by atoms with E-state index in [1.807, 2.05) is 0 Å². The Morgan fingerprint density at radius 2 is 1.88 bits per heavy atom. The van der Waals surface area contributed by atoms with E-state index >= 15 is 0 Å². The smallest absolute Gasteiger partial charge is 0.259 e. The molecule has 0 spiro atoms. The maximum absolute atomic E-state index is 12.8. The molecule has 0 unspecified atom stereocenters. The number of aromatic nitrogens is 1. The molecule has 25 heavy (non-hydrogen) atoms. The highest BCUT2D eigenvalue weighted by atomic mass is 35.5. The van der Waals surface area contributed by atoms with Gasteiger partial charge in [-0.05, 0) is 25.0 Å². The third kappa shape index (κ3) is 3.22. The molecule has 1 aromatic carbocycles. The highest BCUT2D eigenvalue weighted by molar-refractivity contribution is 6.34. The molecule has 4 rings (SSSR count). The van der Waals surface area contributed by atoms with Crippen molar-refractivity contribution in [1.29, 1.82) is 0 Å². The van der Waals surface area contributed by atoms with Gasteiger partial charge in [-0.1, -0.05) is 11.6 Å². The lowest BCUT2D eigenvalue weighted by molar-refractivity contribution is 0.102. The molecular formula is C18H18ClN3O3. The molecule has 3 heterocycles. The Bertz CT molecular complexity index is 806. The molecule has 2 aliphatic heterocycles. The topological polar surface area (TPSA) is 63.7 Å². The molecule has 0 saturated carbocycles. The summed E-state index contributed by atoms with van der Waals surface area (Å²) < 4.78 is 11.1. The van der Waals surface area contributed by atoms with Gasteiger partial charge in [0, 0.05) is 31.4 Å². The van der Waals surface area contributed by atoms with Crippen LogP contribution < -0.4 is 19.7 Å². The zero-order valence-electron chi connectivity index (χ0n) is 13.6. The lowest BCUT2D eigenvalue weighted by Crippen LogP contribution is -2.24. The molecule has 2 aromatic rings. The number of ether oxygens (including phenoxy) is 2. The highest BCUT2D eigenvalue weighted by Crippen LogP contribution is 2.38. The maximum Gasteiger partial charge on any atom is 0.259 e. The Labute approximate surface area is 150 Å². The number of rotatable bonds is 3. The van der Waals surface area contributed by atoms with Gasteiger partial charge in [-0.25, -0.2) is 4.98 Å². The number of hydrogen-bond acceptors (Lipinski definition) is 5. The van der Waals surface area contributed by atoms with Crippen molar-refractivity contribution in [3.05, 3.63) is 41.0 Å². The fourth-order valence-corrected chi connectivity index (χ4v) is 3.31. The van der Waals surface area contributed by atoms with E-state index in [9.17, 15) is 4.79 Å². The number of nitrogens with zero attached hydrogens (tertiary/aromatic N) is 2. The van der Waals surface area contributed by atoms with Crippen LogP contribution in [-0.2, 0) is 0 Å². The second kappa shape index (κ2) is 6.80. The zero-order valence-corrected chi connectivity index (χ0v) is 14.4. The zero-order chi connectivity index (χ0) is 17.2. The average molecular weight is 360 g/mol. The van der Waals surface area contributed by atoms with Crippen LogP contribution in [0.1, 0.15) is 23.2 Å². The van der Waals surface area contributed by atoms with E-state index in [-0.39, 0.29) is 5.91 Å². The summed E-state index contributed by atoms with van der Waals surface area (Å²) in [4.78, 5) is 19.3. The van der Waals surface area contributed by atoms with Crippen LogP contribution in [0.4, 0.5) is 11.5 Å². The summed E-state index contributed by atoms with van der Waals surface area (Å²) in [6, 6.07) is 6.90. The molecule has 1 fully saturated rings. The molecule has 1 N–H and O–H groups in total. The summed E-state index contributed by atoms with van der Waals surface area (Å²) in [5, 5.41) is 3.27. The molecule has 0 aliphatic carbocycles. The molecule has 1 saturated heterocycles. The molecule has 1 amide bonds. The number of carbonyl (C=O) groups is 1. The number of nitrogens with one attached hydrogen (secondary N) is 1. The third-order valence-corrected chi connectivity index (χ3v) is 4.63. The second-order valence-electron chi connectivity index (χ2n) is 6.00. The molecule has 1 aromatic heterocycles. The normalized spacial score (nSPS) is 16.0. The largest absolute Gasteiger partial charge is 0.486 e. The van der Waals surface area contributed by atoms with Crippen LogP contribution in [-0.4, -0.2) is 37.2 Å². The molecule has 0 radical (unpaired) electrons. The first-order valence-electron chi connectivity index (χ1n) is 8.33. The van der Waals surface area contributed by atoms with E-state index in [0.29, 0.717) is 46.8 Å². The molecule has 2 aliphatic rings. The van der Waals surface area contributed by atoms with Crippen molar-refractivity contribution in [1.82, 2.24) is 4.98 Å². The SMILES string of the molecule is O=C(Nc1cc2c(cc1Cl)OCCO2)c1cccnc1N1CCCC1. The molecule has 0 atom stereocenters. The predicted octanol–water partition coefficient (Wildman–Crippen LogP) is 3.36. The first-order chi connectivity index (χ1) is 12.2. The van der Waals surface area contributed by atoms with Gasteiger partial charge in [0.25, 0.3) is 5.91 Å². The average Bonchev–Trinajstić information content (AvgIpc) is 3.17. The van der Waals surface area contributed by atoms with Crippen LogP contribution in [0.3, 0.4) is 0 Å². The molecule has 7 heteroatoms. The maximum atomic E-state index is 12.8. The number of amides is 1. The van der Waals surface area contributed by atoms with Crippen LogP contribution in [0.25, 0.3) is 0 Å². The summed E-state index contributed by atoms with van der Waals surface area (Å²) in [5.74, 6) is 1.64. The molecule has 130 valence electrons. The van der Waals surface area contributed by atoms with E-state index in [1.54, 1.807) is 30.5 Å². The number of benzene rings is 1. The number of carbonyl (C=O) groups excluding carboxylic acids is 1. The van der Waals surface area contributed by atoms with E-state index < -0.39 is 0 Å². The van der Waals surface area contributed by atoms with Crippen molar-refractivity contribution in [2.75, 3.05) is 36.5 Å². The monoisotopic (exact) mass is 359 g/mol. The minimum Gasteiger partial charge on any atom is -0.486 e. The lowest BCUT2D eigenvalue weighted by atomic mass is 10.2. The highest BCUT2D eigenvalue weighted by Gasteiger charge is 2.22. The van der Waals surface area contributed by atoms with Crippen molar-refractivity contribution in [2.24, 2.45) is 0 Å². The third-order valence-electron chi connectivity index (χ3n) is 4.32. The van der Waals surface area contributed by atoms with Gasteiger partial charge in [-0.15, -0.1) is 0 Å². The Balaban J connectivity index is 1.61. The van der Waals surface area contributed by atoms with Gasteiger partial charge in [0.15, 0.2) is 11.5 Å². The summed E-state index contributed by atoms with van der Waals surface area (Å²) in [6.45, 7) is 2.80.